The van der Waals surface area contributed by atoms with Gasteiger partial charge in [-0.3, -0.25) is 0 Å². The van der Waals surface area contributed by atoms with E-state index in [-0.39, 0.29) is 5.41 Å². The zero-order valence-electron chi connectivity index (χ0n) is 14.1. The second-order valence-electron chi connectivity index (χ2n) is 6.81. The number of rotatable bonds is 8. The maximum atomic E-state index is 6.05. The lowest BCUT2D eigenvalue weighted by molar-refractivity contribution is 0.296. The topological polar surface area (TPSA) is 9.23 Å². The van der Waals surface area contributed by atoms with Gasteiger partial charge in [-0.25, -0.2) is 0 Å². The first-order valence-corrected chi connectivity index (χ1v) is 8.19. The Morgan fingerprint density at radius 3 is 2.25 bits per heavy atom. The van der Waals surface area contributed by atoms with Crippen LogP contribution >= 0.6 is 0 Å². The Hall–Kier alpha value is -0.980. The lowest BCUT2D eigenvalue weighted by Gasteiger charge is -2.25. The van der Waals surface area contributed by atoms with E-state index in [4.69, 9.17) is 4.74 Å². The molecule has 1 aromatic rings. The van der Waals surface area contributed by atoms with Crippen molar-refractivity contribution >= 4 is 0 Å². The Morgan fingerprint density at radius 2 is 1.60 bits per heavy atom. The van der Waals surface area contributed by atoms with E-state index in [1.54, 1.807) is 0 Å². The number of ether oxygens (including phenoxy) is 1. The third-order valence-electron chi connectivity index (χ3n) is 3.74. The summed E-state index contributed by atoms with van der Waals surface area (Å²) in [5.74, 6) is 1.08. The van der Waals surface area contributed by atoms with Crippen molar-refractivity contribution in [2.75, 3.05) is 6.61 Å². The van der Waals surface area contributed by atoms with Crippen LogP contribution in [0.25, 0.3) is 0 Å². The molecule has 0 aliphatic carbocycles. The van der Waals surface area contributed by atoms with E-state index < -0.39 is 0 Å². The Balaban J connectivity index is 2.46. The molecule has 0 radical (unpaired) electrons. The van der Waals surface area contributed by atoms with E-state index in [0.29, 0.717) is 0 Å². The maximum absolute atomic E-state index is 6.05. The fourth-order valence-corrected chi connectivity index (χ4v) is 2.79. The van der Waals surface area contributed by atoms with Crippen molar-refractivity contribution in [3.05, 3.63) is 29.3 Å². The van der Waals surface area contributed by atoms with Gasteiger partial charge >= 0.3 is 0 Å². The molecule has 0 unspecified atom stereocenters. The van der Waals surface area contributed by atoms with Crippen LogP contribution < -0.4 is 4.74 Å². The third-order valence-corrected chi connectivity index (χ3v) is 3.74. The smallest absolute Gasteiger partial charge is 0.123 e. The second-order valence-corrected chi connectivity index (χ2v) is 6.81. The highest BCUT2D eigenvalue weighted by Gasteiger charge is 2.20. The van der Waals surface area contributed by atoms with E-state index >= 15 is 0 Å². The summed E-state index contributed by atoms with van der Waals surface area (Å²) in [4.78, 5) is 0. The van der Waals surface area contributed by atoms with Gasteiger partial charge in [-0.15, -0.1) is 0 Å². The summed E-state index contributed by atoms with van der Waals surface area (Å²) >= 11 is 0. The van der Waals surface area contributed by atoms with Gasteiger partial charge in [0.05, 0.1) is 6.61 Å². The molecule has 0 aliphatic heterocycles. The minimum absolute atomic E-state index is 0.141. The van der Waals surface area contributed by atoms with Crippen LogP contribution in [0.2, 0.25) is 0 Å². The standard InChI is InChI=1S/C19H32O/c1-6-7-8-9-10-11-15-20-17-14-12-13-16(2)18(17)19(3,4)5/h12-14H,6-11,15H2,1-5H3. The van der Waals surface area contributed by atoms with Crippen LogP contribution in [0.5, 0.6) is 5.75 Å². The first kappa shape index (κ1) is 17.1. The minimum atomic E-state index is 0.141. The normalized spacial score (nSPS) is 11.7. The summed E-state index contributed by atoms with van der Waals surface area (Å²) in [6, 6.07) is 6.39. The molecule has 0 N–H and O–H groups in total. The molecule has 0 saturated carbocycles. The van der Waals surface area contributed by atoms with Crippen LogP contribution in [0.4, 0.5) is 0 Å². The van der Waals surface area contributed by atoms with Crippen molar-refractivity contribution < 1.29 is 4.74 Å². The average molecular weight is 276 g/mol. The SMILES string of the molecule is CCCCCCCCOc1cccc(C)c1C(C)(C)C. The Bertz CT molecular complexity index is 387. The summed E-state index contributed by atoms with van der Waals surface area (Å²) < 4.78 is 6.05. The molecule has 1 aromatic carbocycles. The van der Waals surface area contributed by atoms with Crippen molar-refractivity contribution in [2.45, 2.75) is 78.6 Å². The molecule has 0 bridgehead atoms. The van der Waals surface area contributed by atoms with E-state index in [1.807, 2.05) is 0 Å². The monoisotopic (exact) mass is 276 g/mol. The molecule has 0 fully saturated rings. The minimum Gasteiger partial charge on any atom is -0.493 e. The first-order valence-electron chi connectivity index (χ1n) is 8.19. The molecule has 20 heavy (non-hydrogen) atoms. The van der Waals surface area contributed by atoms with Crippen molar-refractivity contribution in [1.82, 2.24) is 0 Å². The second kappa shape index (κ2) is 8.34. The van der Waals surface area contributed by atoms with Gasteiger partial charge in [-0.05, 0) is 30.4 Å². The van der Waals surface area contributed by atoms with Crippen LogP contribution in [-0.2, 0) is 5.41 Å². The van der Waals surface area contributed by atoms with Gasteiger partial charge in [0.2, 0.25) is 0 Å². The van der Waals surface area contributed by atoms with Crippen LogP contribution in [-0.4, -0.2) is 6.61 Å². The largest absolute Gasteiger partial charge is 0.493 e. The van der Waals surface area contributed by atoms with Gasteiger partial charge < -0.3 is 4.74 Å². The highest BCUT2D eigenvalue weighted by atomic mass is 16.5. The summed E-state index contributed by atoms with van der Waals surface area (Å²) in [5, 5.41) is 0. The molecule has 1 rings (SSSR count). The molecule has 0 atom stereocenters. The fourth-order valence-electron chi connectivity index (χ4n) is 2.79. The zero-order valence-corrected chi connectivity index (χ0v) is 14.1. The zero-order chi connectivity index (χ0) is 15.0. The molecule has 0 aliphatic rings. The molecule has 0 amide bonds. The fraction of sp³-hybridized carbons (Fsp3) is 0.684. The highest BCUT2D eigenvalue weighted by molar-refractivity contribution is 5.44. The molecule has 1 nitrogen and oxygen atoms in total. The Kier molecular flexibility index (Phi) is 7.12. The van der Waals surface area contributed by atoms with Gasteiger partial charge in [0.1, 0.15) is 5.75 Å². The lowest BCUT2D eigenvalue weighted by atomic mass is 9.83. The molecular formula is C19H32O. The summed E-state index contributed by atoms with van der Waals surface area (Å²) in [6.07, 6.45) is 7.85. The number of unbranched alkanes of at least 4 members (excludes halogenated alkanes) is 5. The van der Waals surface area contributed by atoms with Crippen molar-refractivity contribution in [2.24, 2.45) is 0 Å². The molecule has 0 aromatic heterocycles. The molecule has 0 heterocycles. The number of benzene rings is 1. The van der Waals surface area contributed by atoms with Crippen LogP contribution in [0.15, 0.2) is 18.2 Å². The average Bonchev–Trinajstić information content (AvgIpc) is 2.36. The Morgan fingerprint density at radius 1 is 0.950 bits per heavy atom. The van der Waals surface area contributed by atoms with Gasteiger partial charge in [0.25, 0.3) is 0 Å². The predicted molar refractivity (Wildman–Crippen MR) is 88.8 cm³/mol. The number of hydrogen-bond donors (Lipinski definition) is 0. The number of aryl methyl sites for hydroxylation is 1. The molecule has 0 spiro atoms. The van der Waals surface area contributed by atoms with Crippen LogP contribution in [0, 0.1) is 6.92 Å². The van der Waals surface area contributed by atoms with Crippen LogP contribution in [0.1, 0.15) is 77.3 Å². The molecule has 114 valence electrons. The molecule has 1 heteroatoms. The van der Waals surface area contributed by atoms with E-state index in [0.717, 1.165) is 12.4 Å². The highest BCUT2D eigenvalue weighted by Crippen LogP contribution is 2.34. The van der Waals surface area contributed by atoms with Gasteiger partial charge in [0.15, 0.2) is 0 Å². The van der Waals surface area contributed by atoms with Crippen LogP contribution in [0.3, 0.4) is 0 Å². The van der Waals surface area contributed by atoms with Gasteiger partial charge in [-0.2, -0.15) is 0 Å². The molecular weight excluding hydrogens is 244 g/mol. The third kappa shape index (κ3) is 5.56. The lowest BCUT2D eigenvalue weighted by Crippen LogP contribution is -2.15. The van der Waals surface area contributed by atoms with E-state index in [1.165, 1.54) is 49.7 Å². The molecule has 0 saturated heterocycles. The summed E-state index contributed by atoms with van der Waals surface area (Å²) in [5.41, 5.74) is 2.82. The van der Waals surface area contributed by atoms with E-state index in [9.17, 15) is 0 Å². The Labute approximate surface area is 125 Å². The first-order chi connectivity index (χ1) is 9.46. The summed E-state index contributed by atoms with van der Waals surface area (Å²) in [7, 11) is 0. The predicted octanol–water partition coefficient (Wildman–Crippen LogP) is 6.03. The van der Waals surface area contributed by atoms with Crippen molar-refractivity contribution in [1.29, 1.82) is 0 Å². The quantitative estimate of drug-likeness (QED) is 0.527. The van der Waals surface area contributed by atoms with Crippen molar-refractivity contribution in [3.63, 3.8) is 0 Å². The number of hydrogen-bond acceptors (Lipinski definition) is 1. The van der Waals surface area contributed by atoms with Crippen molar-refractivity contribution in [3.8, 4) is 5.75 Å². The van der Waals surface area contributed by atoms with E-state index in [2.05, 4.69) is 52.8 Å². The van der Waals surface area contributed by atoms with Gasteiger partial charge in [-0.1, -0.05) is 71.9 Å². The maximum Gasteiger partial charge on any atom is 0.123 e. The van der Waals surface area contributed by atoms with Gasteiger partial charge in [0, 0.05) is 5.56 Å². The summed E-state index contributed by atoms with van der Waals surface area (Å²) in [6.45, 7) is 12.1.